The number of aliphatic hydroxyl groups is 1. The van der Waals surface area contributed by atoms with Gasteiger partial charge in [-0.3, -0.25) is 0 Å². The molecule has 0 aliphatic heterocycles. The van der Waals surface area contributed by atoms with E-state index < -0.39 is 8.32 Å². The molecule has 0 heterocycles. The van der Waals surface area contributed by atoms with Crippen LogP contribution >= 0.6 is 0 Å². The van der Waals surface area contributed by atoms with E-state index in [1.807, 2.05) is 6.08 Å². The zero-order valence-electron chi connectivity index (χ0n) is 11.1. The second kappa shape index (κ2) is 4.86. The van der Waals surface area contributed by atoms with Crippen molar-refractivity contribution >= 4 is 8.32 Å². The summed E-state index contributed by atoms with van der Waals surface area (Å²) in [5.41, 5.74) is 1.20. The van der Waals surface area contributed by atoms with E-state index >= 15 is 0 Å². The summed E-state index contributed by atoms with van der Waals surface area (Å²) in [5.74, 6) is 0.193. The third-order valence-electron chi connectivity index (χ3n) is 3.60. The van der Waals surface area contributed by atoms with Gasteiger partial charge in [-0.25, -0.2) is 0 Å². The summed E-state index contributed by atoms with van der Waals surface area (Å²) in [6, 6.07) is 0. The Labute approximate surface area is 100 Å². The molecule has 1 N–H and O–H groups in total. The normalized spacial score (nSPS) is 21.4. The van der Waals surface area contributed by atoms with Crippen LogP contribution in [-0.2, 0) is 4.43 Å². The minimum Gasteiger partial charge on any atom is -0.413 e. The minimum absolute atomic E-state index is 0.193. The molecular weight excluding hydrogens is 216 g/mol. The van der Waals surface area contributed by atoms with E-state index in [-0.39, 0.29) is 17.6 Å². The van der Waals surface area contributed by atoms with Crippen LogP contribution in [0.3, 0.4) is 0 Å². The lowest BCUT2D eigenvalue weighted by atomic mass is 10.2. The van der Waals surface area contributed by atoms with Crippen LogP contribution in [0.5, 0.6) is 0 Å². The molecule has 0 spiro atoms. The van der Waals surface area contributed by atoms with Crippen molar-refractivity contribution in [2.45, 2.75) is 38.9 Å². The smallest absolute Gasteiger partial charge is 0.192 e. The van der Waals surface area contributed by atoms with Gasteiger partial charge < -0.3 is 9.53 Å². The van der Waals surface area contributed by atoms with Gasteiger partial charge in [0.05, 0.1) is 13.2 Å². The van der Waals surface area contributed by atoms with E-state index in [4.69, 9.17) is 9.53 Å². The maximum Gasteiger partial charge on any atom is 0.192 e. The minimum atomic E-state index is -1.64. The molecule has 0 aromatic rings. The molecule has 0 bridgehead atoms. The summed E-state index contributed by atoms with van der Waals surface area (Å²) >= 11 is 0. The molecule has 3 heteroatoms. The van der Waals surface area contributed by atoms with Crippen molar-refractivity contribution in [1.29, 1.82) is 0 Å². The molecule has 0 unspecified atom stereocenters. The SMILES string of the molecule is CC(C)(C)[Si](C)(C)OCC1=C[C@@H](CO)C=C1. The Kier molecular flexibility index (Phi) is 4.15. The maximum absolute atomic E-state index is 9.01. The van der Waals surface area contributed by atoms with Crippen LogP contribution in [-0.4, -0.2) is 26.6 Å². The van der Waals surface area contributed by atoms with E-state index in [9.17, 15) is 0 Å². The molecule has 92 valence electrons. The molecule has 16 heavy (non-hydrogen) atoms. The van der Waals surface area contributed by atoms with Gasteiger partial charge in [0.1, 0.15) is 0 Å². The molecule has 2 nitrogen and oxygen atoms in total. The van der Waals surface area contributed by atoms with Crippen molar-refractivity contribution in [1.82, 2.24) is 0 Å². The number of hydrogen-bond acceptors (Lipinski definition) is 2. The van der Waals surface area contributed by atoms with Gasteiger partial charge in [-0.15, -0.1) is 0 Å². The summed E-state index contributed by atoms with van der Waals surface area (Å²) in [5, 5.41) is 9.27. The van der Waals surface area contributed by atoms with E-state index in [1.54, 1.807) is 0 Å². The van der Waals surface area contributed by atoms with Crippen LogP contribution in [0.15, 0.2) is 23.8 Å². The highest BCUT2D eigenvalue weighted by atomic mass is 28.4. The lowest BCUT2D eigenvalue weighted by molar-refractivity contribution is 0.274. The van der Waals surface area contributed by atoms with Gasteiger partial charge in [-0.05, 0) is 23.7 Å². The highest BCUT2D eigenvalue weighted by molar-refractivity contribution is 6.74. The second-order valence-corrected chi connectivity index (χ2v) is 10.8. The van der Waals surface area contributed by atoms with Crippen LogP contribution in [0.2, 0.25) is 18.1 Å². The fraction of sp³-hybridized carbons (Fsp3) is 0.692. The van der Waals surface area contributed by atoms with Crippen molar-refractivity contribution in [2.75, 3.05) is 13.2 Å². The van der Waals surface area contributed by atoms with Gasteiger partial charge in [-0.2, -0.15) is 0 Å². The standard InChI is InChI=1S/C13H24O2Si/c1-13(2,3)16(4,5)15-10-12-7-6-11(8-12)9-14/h6-8,11,14H,9-10H2,1-5H3/t11-/m0/s1. The van der Waals surface area contributed by atoms with Crippen LogP contribution < -0.4 is 0 Å². The first-order chi connectivity index (χ1) is 7.26. The predicted octanol–water partition coefficient (Wildman–Crippen LogP) is 3.11. The number of aliphatic hydroxyl groups excluding tert-OH is 1. The molecule has 0 amide bonds. The summed E-state index contributed by atoms with van der Waals surface area (Å²) in [7, 11) is -1.64. The average molecular weight is 240 g/mol. The Bertz CT molecular complexity index is 298. The first-order valence-electron chi connectivity index (χ1n) is 5.90. The van der Waals surface area contributed by atoms with Crippen molar-refractivity contribution < 1.29 is 9.53 Å². The Morgan fingerprint density at radius 1 is 1.38 bits per heavy atom. The third-order valence-corrected chi connectivity index (χ3v) is 8.08. The Morgan fingerprint density at radius 2 is 2.00 bits per heavy atom. The molecule has 0 aromatic heterocycles. The summed E-state index contributed by atoms with van der Waals surface area (Å²) in [6.07, 6.45) is 6.19. The Hall–Kier alpha value is -0.383. The van der Waals surface area contributed by atoms with Gasteiger partial charge in [0.25, 0.3) is 0 Å². The van der Waals surface area contributed by atoms with Gasteiger partial charge >= 0.3 is 0 Å². The van der Waals surface area contributed by atoms with Crippen LogP contribution in [0.1, 0.15) is 20.8 Å². The topological polar surface area (TPSA) is 29.5 Å². The molecule has 0 saturated carbocycles. The highest BCUT2D eigenvalue weighted by Crippen LogP contribution is 2.37. The van der Waals surface area contributed by atoms with Crippen LogP contribution in [0, 0.1) is 5.92 Å². The summed E-state index contributed by atoms with van der Waals surface area (Å²) < 4.78 is 6.11. The quantitative estimate of drug-likeness (QED) is 0.765. The third kappa shape index (κ3) is 3.30. The molecule has 0 fully saturated rings. The van der Waals surface area contributed by atoms with E-state index in [0.29, 0.717) is 6.61 Å². The largest absolute Gasteiger partial charge is 0.413 e. The molecule has 0 saturated heterocycles. The van der Waals surface area contributed by atoms with E-state index in [2.05, 4.69) is 46.0 Å². The Balaban J connectivity index is 2.51. The van der Waals surface area contributed by atoms with Crippen molar-refractivity contribution in [3.63, 3.8) is 0 Å². The maximum atomic E-state index is 9.01. The fourth-order valence-electron chi connectivity index (χ4n) is 1.32. The molecule has 1 aliphatic carbocycles. The van der Waals surface area contributed by atoms with Crippen molar-refractivity contribution in [3.05, 3.63) is 23.8 Å². The fourth-order valence-corrected chi connectivity index (χ4v) is 2.28. The molecule has 1 rings (SSSR count). The molecule has 0 radical (unpaired) electrons. The first-order valence-corrected chi connectivity index (χ1v) is 8.81. The molecular formula is C13H24O2Si. The lowest BCUT2D eigenvalue weighted by Crippen LogP contribution is -2.41. The average Bonchev–Trinajstić information content (AvgIpc) is 2.60. The zero-order chi connectivity index (χ0) is 12.4. The van der Waals surface area contributed by atoms with Gasteiger partial charge in [0, 0.05) is 5.92 Å². The molecule has 1 atom stereocenters. The van der Waals surface area contributed by atoms with E-state index in [1.165, 1.54) is 5.57 Å². The monoisotopic (exact) mass is 240 g/mol. The van der Waals surface area contributed by atoms with Crippen LogP contribution in [0.4, 0.5) is 0 Å². The van der Waals surface area contributed by atoms with Crippen molar-refractivity contribution in [2.24, 2.45) is 5.92 Å². The predicted molar refractivity (Wildman–Crippen MR) is 70.9 cm³/mol. The highest BCUT2D eigenvalue weighted by Gasteiger charge is 2.37. The van der Waals surface area contributed by atoms with Gasteiger partial charge in [0.2, 0.25) is 0 Å². The zero-order valence-corrected chi connectivity index (χ0v) is 12.1. The van der Waals surface area contributed by atoms with E-state index in [0.717, 1.165) is 0 Å². The number of rotatable bonds is 4. The molecule has 1 aliphatic rings. The lowest BCUT2D eigenvalue weighted by Gasteiger charge is -2.36. The second-order valence-electron chi connectivity index (χ2n) is 6.00. The molecule has 0 aromatic carbocycles. The van der Waals surface area contributed by atoms with Gasteiger partial charge in [-0.1, -0.05) is 39.0 Å². The van der Waals surface area contributed by atoms with Crippen molar-refractivity contribution in [3.8, 4) is 0 Å². The first kappa shape index (κ1) is 13.7. The Morgan fingerprint density at radius 3 is 2.44 bits per heavy atom. The summed E-state index contributed by atoms with van der Waals surface area (Å²) in [4.78, 5) is 0. The summed E-state index contributed by atoms with van der Waals surface area (Å²) in [6.45, 7) is 12.1. The number of hydrogen-bond donors (Lipinski definition) is 1. The van der Waals surface area contributed by atoms with Crippen LogP contribution in [0.25, 0.3) is 0 Å². The van der Waals surface area contributed by atoms with Gasteiger partial charge in [0.15, 0.2) is 8.32 Å².